The Hall–Kier alpha value is -0.580. The van der Waals surface area contributed by atoms with E-state index in [1.54, 1.807) is 0 Å². The van der Waals surface area contributed by atoms with Crippen molar-refractivity contribution in [1.29, 1.82) is 0 Å². The summed E-state index contributed by atoms with van der Waals surface area (Å²) in [5, 5.41) is 17.5. The van der Waals surface area contributed by atoms with Crippen molar-refractivity contribution in [3.63, 3.8) is 0 Å². The molecule has 0 radical (unpaired) electrons. The molecule has 0 aliphatic carbocycles. The van der Waals surface area contributed by atoms with Crippen LogP contribution < -0.4 is 10.9 Å². The predicted molar refractivity (Wildman–Crippen MR) is 27.4 cm³/mol. The molecule has 4 heteroatoms. The van der Waals surface area contributed by atoms with Crippen molar-refractivity contribution in [2.24, 2.45) is 0 Å². The molecule has 1 aliphatic rings. The van der Waals surface area contributed by atoms with E-state index in [0.29, 0.717) is 0 Å². The molecule has 4 N–H and O–H groups in total. The van der Waals surface area contributed by atoms with Crippen molar-refractivity contribution < 1.29 is 10.2 Å². The molecule has 1 aliphatic heterocycles. The second-order valence-corrected chi connectivity index (χ2v) is 1.71. The summed E-state index contributed by atoms with van der Waals surface area (Å²) < 4.78 is 0. The van der Waals surface area contributed by atoms with Crippen LogP contribution in [0, 0.1) is 0 Å². The zero-order valence-electron chi connectivity index (χ0n) is 4.26. The Kier molecular flexibility index (Phi) is 1.21. The summed E-state index contributed by atoms with van der Waals surface area (Å²) >= 11 is 0. The number of hydrazine groups is 1. The quantitative estimate of drug-likeness (QED) is 0.284. The van der Waals surface area contributed by atoms with Crippen LogP contribution in [0.3, 0.4) is 0 Å². The van der Waals surface area contributed by atoms with Crippen molar-refractivity contribution in [1.82, 2.24) is 10.9 Å². The van der Waals surface area contributed by atoms with Gasteiger partial charge < -0.3 is 15.6 Å². The van der Waals surface area contributed by atoms with E-state index in [9.17, 15) is 0 Å². The van der Waals surface area contributed by atoms with Crippen LogP contribution in [0.15, 0.2) is 12.3 Å². The first-order valence-corrected chi connectivity index (χ1v) is 2.32. The third-order valence-corrected chi connectivity index (χ3v) is 0.884. The van der Waals surface area contributed by atoms with Gasteiger partial charge >= 0.3 is 0 Å². The molecule has 0 unspecified atom stereocenters. The van der Waals surface area contributed by atoms with Gasteiger partial charge in [-0.3, -0.25) is 0 Å². The van der Waals surface area contributed by atoms with Crippen molar-refractivity contribution in [2.75, 3.05) is 6.54 Å². The van der Waals surface area contributed by atoms with E-state index >= 15 is 0 Å². The molecule has 8 heavy (non-hydrogen) atoms. The summed E-state index contributed by atoms with van der Waals surface area (Å²) in [7, 11) is 0. The number of nitrogens with one attached hydrogen (secondary N) is 2. The van der Waals surface area contributed by atoms with Crippen molar-refractivity contribution >= 4 is 0 Å². The van der Waals surface area contributed by atoms with Gasteiger partial charge in [0.2, 0.25) is 0 Å². The highest BCUT2D eigenvalue weighted by Crippen LogP contribution is 1.99. The van der Waals surface area contributed by atoms with Gasteiger partial charge in [0.05, 0.1) is 6.54 Å². The molecule has 0 spiro atoms. The van der Waals surface area contributed by atoms with Crippen molar-refractivity contribution in [2.45, 2.75) is 5.79 Å². The van der Waals surface area contributed by atoms with Crippen LogP contribution in [0.5, 0.6) is 0 Å². The van der Waals surface area contributed by atoms with Crippen LogP contribution >= 0.6 is 0 Å². The van der Waals surface area contributed by atoms with Crippen molar-refractivity contribution in [3.05, 3.63) is 12.3 Å². The minimum Gasteiger partial charge on any atom is -0.361 e. The predicted octanol–water partition coefficient (Wildman–Crippen LogP) is -1.71. The van der Waals surface area contributed by atoms with Gasteiger partial charge in [0.15, 0.2) is 5.79 Å². The Morgan fingerprint density at radius 1 is 1.50 bits per heavy atom. The number of aliphatic hydroxyl groups is 2. The summed E-state index contributed by atoms with van der Waals surface area (Å²) in [6.07, 6.45) is 2.70. The standard InChI is InChI=1S/C4H8N2O2/c7-4(8)1-2-5-6-3-4/h1-2,5-8H,3H2. The summed E-state index contributed by atoms with van der Waals surface area (Å²) in [6.45, 7) is 0.115. The lowest BCUT2D eigenvalue weighted by molar-refractivity contribution is -0.119. The molecule has 0 aromatic heterocycles. The first-order valence-electron chi connectivity index (χ1n) is 2.32. The maximum absolute atomic E-state index is 8.74. The molecule has 0 saturated heterocycles. The third-order valence-electron chi connectivity index (χ3n) is 0.884. The number of hydrogen-bond acceptors (Lipinski definition) is 4. The Labute approximate surface area is 46.8 Å². The molecule has 1 rings (SSSR count). The third kappa shape index (κ3) is 1.19. The first-order chi connectivity index (χ1) is 3.71. The Bertz CT molecular complexity index is 111. The average molecular weight is 116 g/mol. The van der Waals surface area contributed by atoms with Gasteiger partial charge in [0.1, 0.15) is 0 Å². The van der Waals surface area contributed by atoms with Crippen LogP contribution in [-0.4, -0.2) is 22.5 Å². The molecule has 0 saturated carbocycles. The molecule has 4 nitrogen and oxygen atoms in total. The molecular weight excluding hydrogens is 108 g/mol. The van der Waals surface area contributed by atoms with Gasteiger partial charge in [-0.1, -0.05) is 0 Å². The van der Waals surface area contributed by atoms with E-state index < -0.39 is 5.79 Å². The highest BCUT2D eigenvalue weighted by atomic mass is 16.5. The molecule has 0 bridgehead atoms. The summed E-state index contributed by atoms with van der Waals surface area (Å²) in [5.41, 5.74) is 5.13. The zero-order valence-corrected chi connectivity index (χ0v) is 4.26. The second kappa shape index (κ2) is 1.74. The van der Waals surface area contributed by atoms with E-state index in [-0.39, 0.29) is 6.54 Å². The Balaban J connectivity index is 2.56. The van der Waals surface area contributed by atoms with E-state index in [2.05, 4.69) is 10.9 Å². The second-order valence-electron chi connectivity index (χ2n) is 1.71. The lowest BCUT2D eigenvalue weighted by Gasteiger charge is -2.21. The van der Waals surface area contributed by atoms with E-state index in [4.69, 9.17) is 10.2 Å². The van der Waals surface area contributed by atoms with Crippen LogP contribution in [0.1, 0.15) is 0 Å². The van der Waals surface area contributed by atoms with Gasteiger partial charge in [-0.25, -0.2) is 5.43 Å². The monoisotopic (exact) mass is 116 g/mol. The molecule has 0 aromatic rings. The summed E-state index contributed by atoms with van der Waals surface area (Å²) in [6, 6.07) is 0. The van der Waals surface area contributed by atoms with E-state index in [1.165, 1.54) is 12.3 Å². The minimum atomic E-state index is -1.68. The van der Waals surface area contributed by atoms with Crippen LogP contribution in [0.25, 0.3) is 0 Å². The highest BCUT2D eigenvalue weighted by molar-refractivity contribution is 4.96. The SMILES string of the molecule is OC1(O)C=CNNC1. The molecule has 0 fully saturated rings. The first kappa shape index (κ1) is 5.55. The maximum atomic E-state index is 8.74. The fraction of sp³-hybridized carbons (Fsp3) is 0.500. The van der Waals surface area contributed by atoms with Crippen molar-refractivity contribution in [3.8, 4) is 0 Å². The highest BCUT2D eigenvalue weighted by Gasteiger charge is 2.19. The van der Waals surface area contributed by atoms with Gasteiger partial charge in [-0.05, 0) is 6.08 Å². The van der Waals surface area contributed by atoms with Gasteiger partial charge in [0.25, 0.3) is 0 Å². The maximum Gasteiger partial charge on any atom is 0.199 e. The Morgan fingerprint density at radius 2 is 2.25 bits per heavy atom. The molecule has 0 amide bonds. The van der Waals surface area contributed by atoms with Crippen LogP contribution in [0.2, 0.25) is 0 Å². The van der Waals surface area contributed by atoms with E-state index in [0.717, 1.165) is 0 Å². The summed E-state index contributed by atoms with van der Waals surface area (Å²) in [4.78, 5) is 0. The molecule has 0 aromatic carbocycles. The molecule has 0 atom stereocenters. The average Bonchev–Trinajstić information content (AvgIpc) is 1.65. The van der Waals surface area contributed by atoms with Crippen LogP contribution in [-0.2, 0) is 0 Å². The topological polar surface area (TPSA) is 64.5 Å². The minimum absolute atomic E-state index is 0.115. The number of β-amino-alcohol motifs (C(OH)–C–C–N with tert-alkyl or cyclic N) is 2. The number of hydrogen-bond donors (Lipinski definition) is 4. The fourth-order valence-electron chi connectivity index (χ4n) is 0.474. The normalized spacial score (nSPS) is 24.8. The molecule has 1 heterocycles. The lowest BCUT2D eigenvalue weighted by atomic mass is 10.2. The Morgan fingerprint density at radius 3 is 2.50 bits per heavy atom. The lowest BCUT2D eigenvalue weighted by Crippen LogP contribution is -2.47. The fourth-order valence-corrected chi connectivity index (χ4v) is 0.474. The van der Waals surface area contributed by atoms with Gasteiger partial charge in [-0.2, -0.15) is 0 Å². The summed E-state index contributed by atoms with van der Waals surface area (Å²) in [5.74, 6) is -1.68. The molecule has 46 valence electrons. The van der Waals surface area contributed by atoms with Gasteiger partial charge in [-0.15, -0.1) is 0 Å². The molecular formula is C4H8N2O2. The smallest absolute Gasteiger partial charge is 0.199 e. The van der Waals surface area contributed by atoms with Gasteiger partial charge in [0, 0.05) is 6.20 Å². The largest absolute Gasteiger partial charge is 0.361 e. The van der Waals surface area contributed by atoms with E-state index in [1.807, 2.05) is 0 Å². The number of rotatable bonds is 0. The van der Waals surface area contributed by atoms with Crippen LogP contribution in [0.4, 0.5) is 0 Å². The zero-order chi connectivity index (χ0) is 6.04.